The molecule has 0 bridgehead atoms. The van der Waals surface area contributed by atoms with Gasteiger partial charge in [-0.3, -0.25) is 9.78 Å². The molecule has 0 fully saturated rings. The molecule has 0 aliphatic heterocycles. The third kappa shape index (κ3) is 3.94. The van der Waals surface area contributed by atoms with Crippen LogP contribution in [0.25, 0.3) is 0 Å². The van der Waals surface area contributed by atoms with E-state index in [4.69, 9.17) is 10.8 Å². The van der Waals surface area contributed by atoms with Gasteiger partial charge in [0, 0.05) is 6.20 Å². The highest BCUT2D eigenvalue weighted by Gasteiger charge is 2.17. The Hall–Kier alpha value is -1.49. The first kappa shape index (κ1) is 12.6. The molecule has 1 rings (SSSR count). The van der Waals surface area contributed by atoms with Crippen LogP contribution >= 0.6 is 0 Å². The number of carbonyl (C=O) groups is 1. The molecular weight excluding hydrogens is 211 g/mol. The minimum Gasteiger partial charge on any atom is -0.481 e. The number of aliphatic carboxylic acids is 1. The molecule has 1 aromatic heterocycles. The molecule has 4 nitrogen and oxygen atoms in total. The zero-order valence-electron chi connectivity index (χ0n) is 8.90. The van der Waals surface area contributed by atoms with Gasteiger partial charge in [0.05, 0.1) is 12.1 Å². The number of rotatable bonds is 6. The number of carboxylic acids is 1. The number of pyridine rings is 1. The van der Waals surface area contributed by atoms with Crippen LogP contribution in [0.5, 0.6) is 0 Å². The van der Waals surface area contributed by atoms with E-state index >= 15 is 0 Å². The molecular formula is C11H15FN2O2. The number of hydrogen-bond acceptors (Lipinski definition) is 3. The average Bonchev–Trinajstić information content (AvgIpc) is 2.24. The van der Waals surface area contributed by atoms with Crippen molar-refractivity contribution in [2.45, 2.75) is 19.3 Å². The predicted octanol–water partition coefficient (Wildman–Crippen LogP) is 1.20. The van der Waals surface area contributed by atoms with E-state index in [1.54, 1.807) is 0 Å². The number of nitrogens with zero attached hydrogens (tertiary/aromatic N) is 1. The van der Waals surface area contributed by atoms with Gasteiger partial charge in [0.2, 0.25) is 0 Å². The van der Waals surface area contributed by atoms with E-state index in [-0.39, 0.29) is 0 Å². The molecule has 3 N–H and O–H groups in total. The van der Waals surface area contributed by atoms with E-state index in [2.05, 4.69) is 4.98 Å². The van der Waals surface area contributed by atoms with Crippen molar-refractivity contribution in [2.24, 2.45) is 11.7 Å². The van der Waals surface area contributed by atoms with Crippen molar-refractivity contribution in [3.8, 4) is 0 Å². The van der Waals surface area contributed by atoms with E-state index in [1.807, 2.05) is 0 Å². The molecule has 1 atom stereocenters. The first-order valence-electron chi connectivity index (χ1n) is 5.15. The Morgan fingerprint density at radius 2 is 2.31 bits per heavy atom. The van der Waals surface area contributed by atoms with Gasteiger partial charge in [-0.1, -0.05) is 0 Å². The fraction of sp³-hybridized carbons (Fsp3) is 0.455. The van der Waals surface area contributed by atoms with E-state index < -0.39 is 17.7 Å². The SMILES string of the molecule is NCCCC(Cc1cncc(F)c1)C(=O)O. The Morgan fingerprint density at radius 1 is 1.56 bits per heavy atom. The molecule has 0 saturated carbocycles. The first-order valence-corrected chi connectivity index (χ1v) is 5.15. The third-order valence-electron chi connectivity index (χ3n) is 2.35. The zero-order chi connectivity index (χ0) is 12.0. The number of halogens is 1. The highest BCUT2D eigenvalue weighted by molar-refractivity contribution is 5.70. The van der Waals surface area contributed by atoms with Crippen molar-refractivity contribution >= 4 is 5.97 Å². The number of aromatic nitrogens is 1. The zero-order valence-corrected chi connectivity index (χ0v) is 8.90. The van der Waals surface area contributed by atoms with Gasteiger partial charge in [0.25, 0.3) is 0 Å². The maximum atomic E-state index is 12.8. The van der Waals surface area contributed by atoms with Gasteiger partial charge in [0.15, 0.2) is 0 Å². The summed E-state index contributed by atoms with van der Waals surface area (Å²) in [5, 5.41) is 8.98. The summed E-state index contributed by atoms with van der Waals surface area (Å²) in [6.45, 7) is 0.463. The summed E-state index contributed by atoms with van der Waals surface area (Å²) >= 11 is 0. The van der Waals surface area contributed by atoms with Crippen molar-refractivity contribution in [1.82, 2.24) is 4.98 Å². The lowest BCUT2D eigenvalue weighted by Gasteiger charge is -2.11. The molecule has 0 aliphatic rings. The normalized spacial score (nSPS) is 12.4. The van der Waals surface area contributed by atoms with Gasteiger partial charge in [-0.15, -0.1) is 0 Å². The first-order chi connectivity index (χ1) is 7.63. The largest absolute Gasteiger partial charge is 0.481 e. The van der Waals surface area contributed by atoms with Gasteiger partial charge in [-0.2, -0.15) is 0 Å². The highest BCUT2D eigenvalue weighted by Crippen LogP contribution is 2.14. The van der Waals surface area contributed by atoms with Crippen molar-refractivity contribution in [1.29, 1.82) is 0 Å². The number of carboxylic acid groups (broad SMARTS) is 1. The molecule has 0 aromatic carbocycles. The van der Waals surface area contributed by atoms with Crippen LogP contribution in [0.15, 0.2) is 18.5 Å². The van der Waals surface area contributed by atoms with E-state index in [0.717, 1.165) is 6.20 Å². The molecule has 0 radical (unpaired) electrons. The Kier molecular flexibility index (Phi) is 4.85. The second-order valence-corrected chi connectivity index (χ2v) is 3.68. The summed E-state index contributed by atoms with van der Waals surface area (Å²) in [5.74, 6) is -1.84. The summed E-state index contributed by atoms with van der Waals surface area (Å²) in [6, 6.07) is 1.31. The molecule has 0 amide bonds. The lowest BCUT2D eigenvalue weighted by atomic mass is 9.96. The molecule has 1 aromatic rings. The van der Waals surface area contributed by atoms with Gasteiger partial charge in [0.1, 0.15) is 5.82 Å². The second-order valence-electron chi connectivity index (χ2n) is 3.68. The monoisotopic (exact) mass is 226 g/mol. The Morgan fingerprint density at radius 3 is 2.88 bits per heavy atom. The van der Waals surface area contributed by atoms with Crippen LogP contribution in [0.4, 0.5) is 4.39 Å². The standard InChI is InChI=1S/C11H15FN2O2/c12-10-5-8(6-14-7-10)4-9(11(15)16)2-1-3-13/h5-7,9H,1-4,13H2,(H,15,16). The van der Waals surface area contributed by atoms with E-state index in [1.165, 1.54) is 12.3 Å². The topological polar surface area (TPSA) is 76.2 Å². The van der Waals surface area contributed by atoms with Crippen LogP contribution in [0, 0.1) is 11.7 Å². The maximum absolute atomic E-state index is 12.8. The highest BCUT2D eigenvalue weighted by atomic mass is 19.1. The predicted molar refractivity (Wildman–Crippen MR) is 57.3 cm³/mol. The lowest BCUT2D eigenvalue weighted by Crippen LogP contribution is -2.18. The van der Waals surface area contributed by atoms with Crippen LogP contribution in [0.1, 0.15) is 18.4 Å². The fourth-order valence-electron chi connectivity index (χ4n) is 1.53. The molecule has 16 heavy (non-hydrogen) atoms. The Bertz CT molecular complexity index is 358. The van der Waals surface area contributed by atoms with Crippen LogP contribution < -0.4 is 5.73 Å². The molecule has 0 aliphatic carbocycles. The van der Waals surface area contributed by atoms with E-state index in [0.29, 0.717) is 31.4 Å². The molecule has 0 saturated heterocycles. The minimum absolute atomic E-state index is 0.292. The minimum atomic E-state index is -0.877. The summed E-state index contributed by atoms with van der Waals surface area (Å²) in [4.78, 5) is 14.6. The molecule has 1 heterocycles. The van der Waals surface area contributed by atoms with Crippen LogP contribution in [-0.2, 0) is 11.2 Å². The molecule has 1 unspecified atom stereocenters. The summed E-state index contributed by atoms with van der Waals surface area (Å²) in [7, 11) is 0. The van der Waals surface area contributed by atoms with Gasteiger partial charge in [-0.25, -0.2) is 4.39 Å². The summed E-state index contributed by atoms with van der Waals surface area (Å²) < 4.78 is 12.8. The van der Waals surface area contributed by atoms with Crippen molar-refractivity contribution < 1.29 is 14.3 Å². The van der Waals surface area contributed by atoms with Gasteiger partial charge >= 0.3 is 5.97 Å². The van der Waals surface area contributed by atoms with Crippen molar-refractivity contribution in [2.75, 3.05) is 6.54 Å². The van der Waals surface area contributed by atoms with E-state index in [9.17, 15) is 9.18 Å². The lowest BCUT2D eigenvalue weighted by molar-refractivity contribution is -0.141. The smallest absolute Gasteiger partial charge is 0.306 e. The van der Waals surface area contributed by atoms with Crippen molar-refractivity contribution in [3.05, 3.63) is 29.8 Å². The maximum Gasteiger partial charge on any atom is 0.306 e. The van der Waals surface area contributed by atoms with Gasteiger partial charge < -0.3 is 10.8 Å². The van der Waals surface area contributed by atoms with Crippen LogP contribution in [0.3, 0.4) is 0 Å². The Labute approximate surface area is 93.3 Å². The quantitative estimate of drug-likeness (QED) is 0.764. The summed E-state index contributed by atoms with van der Waals surface area (Å²) in [6.07, 6.45) is 4.03. The van der Waals surface area contributed by atoms with Crippen molar-refractivity contribution in [3.63, 3.8) is 0 Å². The van der Waals surface area contributed by atoms with Crippen LogP contribution in [-0.4, -0.2) is 22.6 Å². The number of hydrogen-bond donors (Lipinski definition) is 2. The summed E-state index contributed by atoms with van der Waals surface area (Å²) in [5.41, 5.74) is 5.93. The Balaban J connectivity index is 2.64. The third-order valence-corrected chi connectivity index (χ3v) is 2.35. The van der Waals surface area contributed by atoms with Crippen LogP contribution in [0.2, 0.25) is 0 Å². The molecule has 0 spiro atoms. The molecule has 88 valence electrons. The molecule has 5 heteroatoms. The average molecular weight is 226 g/mol. The number of nitrogens with two attached hydrogens (primary N) is 1. The fourth-order valence-corrected chi connectivity index (χ4v) is 1.53. The second kappa shape index (κ2) is 6.17. The van der Waals surface area contributed by atoms with Gasteiger partial charge in [-0.05, 0) is 37.4 Å².